The number of hydrogen-bond acceptors (Lipinski definition) is 6. The number of rotatable bonds is 5. The van der Waals surface area contributed by atoms with Crippen molar-refractivity contribution >= 4 is 29.3 Å². The summed E-state index contributed by atoms with van der Waals surface area (Å²) in [6.07, 6.45) is 0.154. The van der Waals surface area contributed by atoms with Gasteiger partial charge in [-0.3, -0.25) is 9.59 Å². The molecule has 0 saturated carbocycles. The van der Waals surface area contributed by atoms with Crippen LogP contribution in [0.25, 0.3) is 0 Å². The molecule has 0 bridgehead atoms. The Bertz CT molecular complexity index is 1140. The molecule has 158 valence electrons. The van der Waals surface area contributed by atoms with E-state index in [0.717, 1.165) is 28.5 Å². The highest BCUT2D eigenvalue weighted by atomic mass is 32.2. The predicted octanol–water partition coefficient (Wildman–Crippen LogP) is 3.74. The Morgan fingerprint density at radius 2 is 2.00 bits per heavy atom. The van der Waals surface area contributed by atoms with E-state index < -0.39 is 5.92 Å². The van der Waals surface area contributed by atoms with Crippen LogP contribution in [0.3, 0.4) is 0 Å². The van der Waals surface area contributed by atoms with Crippen molar-refractivity contribution in [1.82, 2.24) is 5.32 Å². The number of benzene rings is 2. The summed E-state index contributed by atoms with van der Waals surface area (Å²) in [4.78, 5) is 24.8. The van der Waals surface area contributed by atoms with Crippen molar-refractivity contribution in [3.8, 4) is 17.6 Å². The van der Waals surface area contributed by atoms with Crippen molar-refractivity contribution in [1.29, 1.82) is 5.26 Å². The van der Waals surface area contributed by atoms with Crippen LogP contribution in [0.2, 0.25) is 0 Å². The second kappa shape index (κ2) is 8.74. The number of ether oxygens (including phenoxy) is 2. The summed E-state index contributed by atoms with van der Waals surface area (Å²) in [6.45, 7) is 4.15. The second-order valence-corrected chi connectivity index (χ2v) is 8.39. The SMILES string of the molecule is Cc1ccc(NC(=O)CSC2=C(C#N)[C@@H](c3ccc4c(c3)OCO4)CC(=O)N2)cc1C. The van der Waals surface area contributed by atoms with Crippen molar-refractivity contribution in [2.24, 2.45) is 0 Å². The molecule has 8 heteroatoms. The Morgan fingerprint density at radius 1 is 1.19 bits per heavy atom. The van der Waals surface area contributed by atoms with Crippen LogP contribution in [0.5, 0.6) is 11.5 Å². The molecule has 0 radical (unpaired) electrons. The number of aryl methyl sites for hydroxylation is 2. The van der Waals surface area contributed by atoms with Crippen molar-refractivity contribution < 1.29 is 19.1 Å². The van der Waals surface area contributed by atoms with Gasteiger partial charge in [-0.15, -0.1) is 0 Å². The van der Waals surface area contributed by atoms with Gasteiger partial charge in [0, 0.05) is 18.0 Å². The number of allylic oxidation sites excluding steroid dienone is 1. The Balaban J connectivity index is 1.50. The molecule has 31 heavy (non-hydrogen) atoms. The lowest BCUT2D eigenvalue weighted by molar-refractivity contribution is -0.121. The molecule has 2 amide bonds. The molecule has 2 heterocycles. The van der Waals surface area contributed by atoms with Gasteiger partial charge in [-0.1, -0.05) is 23.9 Å². The minimum absolute atomic E-state index is 0.0710. The predicted molar refractivity (Wildman–Crippen MR) is 118 cm³/mol. The largest absolute Gasteiger partial charge is 0.454 e. The first kappa shape index (κ1) is 20.8. The first-order valence-electron chi connectivity index (χ1n) is 9.78. The van der Waals surface area contributed by atoms with Crippen LogP contribution in [-0.4, -0.2) is 24.4 Å². The molecule has 0 aromatic heterocycles. The summed E-state index contributed by atoms with van der Waals surface area (Å²) < 4.78 is 10.8. The maximum Gasteiger partial charge on any atom is 0.234 e. The standard InChI is InChI=1S/C23H21N3O4S/c1-13-3-5-16(7-14(13)2)25-22(28)11-31-23-18(10-24)17(9-21(27)26-23)15-4-6-19-20(8-15)30-12-29-19/h3-8,17H,9,11-12H2,1-2H3,(H,25,28)(H,26,27)/t17-/m1/s1. The molecule has 1 atom stereocenters. The van der Waals surface area contributed by atoms with Gasteiger partial charge in [-0.05, 0) is 54.8 Å². The summed E-state index contributed by atoms with van der Waals surface area (Å²) >= 11 is 1.15. The fraction of sp³-hybridized carbons (Fsp3) is 0.261. The number of nitrogens with one attached hydrogen (secondary N) is 2. The first-order chi connectivity index (χ1) is 14.9. The summed E-state index contributed by atoms with van der Waals surface area (Å²) in [5.74, 6) is 0.503. The zero-order valence-electron chi connectivity index (χ0n) is 17.2. The van der Waals surface area contributed by atoms with Gasteiger partial charge in [0.25, 0.3) is 0 Å². The van der Waals surface area contributed by atoms with E-state index in [1.165, 1.54) is 0 Å². The monoisotopic (exact) mass is 435 g/mol. The van der Waals surface area contributed by atoms with Crippen LogP contribution in [-0.2, 0) is 9.59 Å². The lowest BCUT2D eigenvalue weighted by Crippen LogP contribution is -2.31. The Morgan fingerprint density at radius 3 is 2.77 bits per heavy atom. The van der Waals surface area contributed by atoms with Crippen LogP contribution in [0, 0.1) is 25.2 Å². The summed E-state index contributed by atoms with van der Waals surface area (Å²) in [5, 5.41) is 15.8. The molecule has 2 aromatic rings. The molecule has 0 fully saturated rings. The average Bonchev–Trinajstić information content (AvgIpc) is 3.22. The van der Waals surface area contributed by atoms with Crippen LogP contribution >= 0.6 is 11.8 Å². The second-order valence-electron chi connectivity index (χ2n) is 7.41. The number of carbonyl (C=O) groups is 2. The van der Waals surface area contributed by atoms with E-state index in [2.05, 4.69) is 16.7 Å². The molecule has 0 aliphatic carbocycles. The third-order valence-electron chi connectivity index (χ3n) is 5.29. The number of thioether (sulfide) groups is 1. The molecule has 0 spiro atoms. The van der Waals surface area contributed by atoms with Crippen LogP contribution in [0.4, 0.5) is 5.69 Å². The number of fused-ring (bicyclic) bond motifs is 1. The van der Waals surface area contributed by atoms with E-state index in [1.807, 2.05) is 38.1 Å². The number of nitriles is 1. The molecule has 0 unspecified atom stereocenters. The van der Waals surface area contributed by atoms with Gasteiger partial charge in [-0.2, -0.15) is 5.26 Å². The van der Waals surface area contributed by atoms with E-state index in [1.54, 1.807) is 12.1 Å². The maximum atomic E-state index is 12.4. The molecule has 2 N–H and O–H groups in total. The highest BCUT2D eigenvalue weighted by Gasteiger charge is 2.31. The first-order valence-corrected chi connectivity index (χ1v) is 10.8. The molecule has 0 saturated heterocycles. The minimum Gasteiger partial charge on any atom is -0.454 e. The lowest BCUT2D eigenvalue weighted by Gasteiger charge is -2.25. The molecule has 7 nitrogen and oxygen atoms in total. The van der Waals surface area contributed by atoms with E-state index >= 15 is 0 Å². The highest BCUT2D eigenvalue weighted by Crippen LogP contribution is 2.40. The van der Waals surface area contributed by atoms with Gasteiger partial charge in [0.15, 0.2) is 11.5 Å². The minimum atomic E-state index is -0.404. The number of carbonyl (C=O) groups excluding carboxylic acids is 2. The van der Waals surface area contributed by atoms with Crippen molar-refractivity contribution in [2.45, 2.75) is 26.2 Å². The Kier molecular flexibility index (Phi) is 5.87. The third kappa shape index (κ3) is 4.52. The fourth-order valence-electron chi connectivity index (χ4n) is 3.50. The summed E-state index contributed by atoms with van der Waals surface area (Å²) in [7, 11) is 0. The zero-order chi connectivity index (χ0) is 22.0. The Labute approximate surface area is 184 Å². The molecule has 4 rings (SSSR count). The summed E-state index contributed by atoms with van der Waals surface area (Å²) in [6, 6.07) is 13.4. The topological polar surface area (TPSA) is 100 Å². The van der Waals surface area contributed by atoms with Gasteiger partial charge in [0.1, 0.15) is 0 Å². The molecule has 2 aromatic carbocycles. The number of nitrogens with zero attached hydrogens (tertiary/aromatic N) is 1. The van der Waals surface area contributed by atoms with Gasteiger partial charge in [0.05, 0.1) is 22.4 Å². The van der Waals surface area contributed by atoms with E-state index in [4.69, 9.17) is 9.47 Å². The Hall–Kier alpha value is -3.44. The van der Waals surface area contributed by atoms with Crippen molar-refractivity contribution in [3.05, 3.63) is 63.7 Å². The fourth-order valence-corrected chi connectivity index (χ4v) is 4.38. The smallest absolute Gasteiger partial charge is 0.234 e. The highest BCUT2D eigenvalue weighted by molar-refractivity contribution is 8.03. The summed E-state index contributed by atoms with van der Waals surface area (Å²) in [5.41, 5.74) is 4.19. The van der Waals surface area contributed by atoms with Crippen LogP contribution in [0.1, 0.15) is 29.0 Å². The maximum absolute atomic E-state index is 12.4. The molecular weight excluding hydrogens is 414 g/mol. The van der Waals surface area contributed by atoms with E-state index in [0.29, 0.717) is 27.8 Å². The van der Waals surface area contributed by atoms with Gasteiger partial charge in [-0.25, -0.2) is 0 Å². The molecule has 2 aliphatic rings. The van der Waals surface area contributed by atoms with Crippen LogP contribution in [0.15, 0.2) is 47.0 Å². The van der Waals surface area contributed by atoms with Crippen molar-refractivity contribution in [2.75, 3.05) is 17.9 Å². The number of hydrogen-bond donors (Lipinski definition) is 2. The quantitative estimate of drug-likeness (QED) is 0.742. The molecular formula is C23H21N3O4S. The van der Waals surface area contributed by atoms with Gasteiger partial charge in [0.2, 0.25) is 18.6 Å². The number of amides is 2. The normalized spacial score (nSPS) is 17.2. The van der Waals surface area contributed by atoms with Gasteiger partial charge < -0.3 is 20.1 Å². The van der Waals surface area contributed by atoms with E-state index in [9.17, 15) is 14.9 Å². The average molecular weight is 436 g/mol. The van der Waals surface area contributed by atoms with E-state index in [-0.39, 0.29) is 30.8 Å². The molecule has 2 aliphatic heterocycles. The third-order valence-corrected chi connectivity index (χ3v) is 6.31. The zero-order valence-corrected chi connectivity index (χ0v) is 18.0. The lowest BCUT2D eigenvalue weighted by atomic mass is 9.87. The van der Waals surface area contributed by atoms with Gasteiger partial charge >= 0.3 is 0 Å². The number of anilines is 1. The van der Waals surface area contributed by atoms with Crippen LogP contribution < -0.4 is 20.1 Å². The van der Waals surface area contributed by atoms with Crippen molar-refractivity contribution in [3.63, 3.8) is 0 Å².